The van der Waals surface area contributed by atoms with Crippen LogP contribution in [0, 0.1) is 5.82 Å². The largest absolute Gasteiger partial charge is 0.356 e. The minimum absolute atomic E-state index is 0.106. The Kier molecular flexibility index (Phi) is 7.52. The molecule has 3 aromatic rings. The molecule has 0 unspecified atom stereocenters. The van der Waals surface area contributed by atoms with Crippen LogP contribution in [0.1, 0.15) is 29.3 Å². The van der Waals surface area contributed by atoms with E-state index in [0.717, 1.165) is 4.90 Å². The molecule has 1 aliphatic heterocycles. The van der Waals surface area contributed by atoms with Crippen LogP contribution >= 0.6 is 19.2 Å². The molecular weight excluding hydrogens is 531 g/mol. The second-order valence-corrected chi connectivity index (χ2v) is 10.8. The molecule has 9 nitrogen and oxygen atoms in total. The van der Waals surface area contributed by atoms with Gasteiger partial charge in [0.1, 0.15) is 24.6 Å². The molecule has 3 N–H and O–H groups in total. The van der Waals surface area contributed by atoms with Crippen molar-refractivity contribution >= 4 is 53.0 Å². The Morgan fingerprint density at radius 2 is 1.95 bits per heavy atom. The van der Waals surface area contributed by atoms with Gasteiger partial charge in [-0.1, -0.05) is 23.7 Å². The van der Waals surface area contributed by atoms with Crippen LogP contribution in [0.2, 0.25) is 5.02 Å². The molecule has 0 bridgehead atoms. The van der Waals surface area contributed by atoms with Gasteiger partial charge in [0.15, 0.2) is 5.78 Å². The number of hydrogen-bond acceptors (Lipinski definition) is 4. The molecule has 0 radical (unpaired) electrons. The van der Waals surface area contributed by atoms with Gasteiger partial charge in [0, 0.05) is 41.2 Å². The summed E-state index contributed by atoms with van der Waals surface area (Å²) in [6.45, 7) is 0.414. The number of carbonyl (C=O) groups is 3. The molecular formula is C24H23ClF2N3O6P. The average molecular weight is 554 g/mol. The Balaban J connectivity index is 1.55. The van der Waals surface area contributed by atoms with Gasteiger partial charge >= 0.3 is 7.60 Å². The third-order valence-electron chi connectivity index (χ3n) is 6.24. The van der Waals surface area contributed by atoms with E-state index in [4.69, 9.17) is 11.6 Å². The van der Waals surface area contributed by atoms with Gasteiger partial charge in [-0.25, -0.2) is 8.78 Å². The van der Waals surface area contributed by atoms with Crippen molar-refractivity contribution in [1.82, 2.24) is 14.8 Å². The predicted octanol–water partition coefficient (Wildman–Crippen LogP) is 2.69. The molecule has 1 aromatic heterocycles. The van der Waals surface area contributed by atoms with Crippen molar-refractivity contribution in [2.75, 3.05) is 6.54 Å². The highest BCUT2D eigenvalue weighted by Crippen LogP contribution is 2.35. The van der Waals surface area contributed by atoms with E-state index in [1.807, 2.05) is 0 Å². The number of likely N-dealkylation sites (tertiary alicyclic amines) is 1. The summed E-state index contributed by atoms with van der Waals surface area (Å²) in [5.74, 6) is -2.31. The molecule has 0 spiro atoms. The third-order valence-corrected chi connectivity index (χ3v) is 7.49. The minimum Gasteiger partial charge on any atom is -0.350 e. The summed E-state index contributed by atoms with van der Waals surface area (Å²) >= 11 is 5.76. The van der Waals surface area contributed by atoms with Crippen LogP contribution in [0.25, 0.3) is 10.9 Å². The molecule has 4 rings (SSSR count). The standard InChI is InChI=1S/C24H23ClF2N3O6P/c1-13(31)18-11-29(20-6-5-16(8-17(18)20)37(34,35)36)12-22(32)30-10-15(26)7-21(30)24(33)28-9-14-3-2-4-19(25)23(14)27/h2-6,8,11,15,21H,7,9-10,12H2,1H3,(H,28,33)(H2,34,35,36)/t15-,21+/m1/s1. The summed E-state index contributed by atoms with van der Waals surface area (Å²) < 4.78 is 41.5. The number of hydrogen-bond donors (Lipinski definition) is 3. The Morgan fingerprint density at radius 1 is 1.22 bits per heavy atom. The highest BCUT2D eigenvalue weighted by molar-refractivity contribution is 7.60. The van der Waals surface area contributed by atoms with E-state index in [1.54, 1.807) is 0 Å². The van der Waals surface area contributed by atoms with Crippen LogP contribution in [0.15, 0.2) is 42.6 Å². The van der Waals surface area contributed by atoms with Gasteiger partial charge in [0.25, 0.3) is 0 Å². The maximum Gasteiger partial charge on any atom is 0.356 e. The number of amides is 2. The molecule has 2 heterocycles. The summed E-state index contributed by atoms with van der Waals surface area (Å²) in [6.07, 6.45) is -0.289. The van der Waals surface area contributed by atoms with Gasteiger partial charge in [-0.2, -0.15) is 0 Å². The summed E-state index contributed by atoms with van der Waals surface area (Å²) in [7, 11) is -4.58. The fourth-order valence-electron chi connectivity index (χ4n) is 4.41. The molecule has 0 aliphatic carbocycles. The Hall–Kier alpha value is -3.11. The van der Waals surface area contributed by atoms with E-state index in [-0.39, 0.29) is 58.7 Å². The van der Waals surface area contributed by atoms with E-state index in [1.165, 1.54) is 54.1 Å². The van der Waals surface area contributed by atoms with E-state index < -0.39 is 37.4 Å². The summed E-state index contributed by atoms with van der Waals surface area (Å²) in [5.41, 5.74) is 0.656. The zero-order valence-corrected chi connectivity index (χ0v) is 21.2. The highest BCUT2D eigenvalue weighted by Gasteiger charge is 2.39. The summed E-state index contributed by atoms with van der Waals surface area (Å²) in [4.78, 5) is 58.2. The number of nitrogens with one attached hydrogen (secondary N) is 1. The van der Waals surface area contributed by atoms with Crippen LogP contribution in [0.4, 0.5) is 8.78 Å². The number of benzene rings is 2. The van der Waals surface area contributed by atoms with Gasteiger partial charge in [0.2, 0.25) is 11.8 Å². The Bertz CT molecular complexity index is 1460. The van der Waals surface area contributed by atoms with Crippen molar-refractivity contribution in [1.29, 1.82) is 0 Å². The first-order valence-corrected chi connectivity index (χ1v) is 13.2. The van der Waals surface area contributed by atoms with Gasteiger partial charge < -0.3 is 24.6 Å². The maximum atomic E-state index is 14.3. The topological polar surface area (TPSA) is 129 Å². The second kappa shape index (κ2) is 10.3. The molecule has 13 heteroatoms. The van der Waals surface area contributed by atoms with E-state index in [0.29, 0.717) is 5.52 Å². The lowest BCUT2D eigenvalue weighted by atomic mass is 10.1. The van der Waals surface area contributed by atoms with Crippen LogP contribution < -0.4 is 10.6 Å². The SMILES string of the molecule is CC(=O)c1cn(CC(=O)N2C[C@H](F)C[C@H]2C(=O)NCc2cccc(Cl)c2F)c2ccc(P(=O)(O)O)cc12. The molecule has 37 heavy (non-hydrogen) atoms. The van der Waals surface area contributed by atoms with Crippen LogP contribution in [0.3, 0.4) is 0 Å². The van der Waals surface area contributed by atoms with Crippen LogP contribution in [-0.4, -0.2) is 55.6 Å². The minimum atomic E-state index is -4.58. The molecule has 1 saturated heterocycles. The number of nitrogens with zero attached hydrogens (tertiary/aromatic N) is 2. The number of halogens is 3. The fourth-order valence-corrected chi connectivity index (χ4v) is 5.17. The lowest BCUT2D eigenvalue weighted by Crippen LogP contribution is -2.46. The molecule has 2 amide bonds. The molecule has 196 valence electrons. The predicted molar refractivity (Wildman–Crippen MR) is 132 cm³/mol. The van der Waals surface area contributed by atoms with E-state index >= 15 is 0 Å². The fraction of sp³-hybridized carbons (Fsp3) is 0.292. The van der Waals surface area contributed by atoms with Crippen LogP contribution in [0.5, 0.6) is 0 Å². The third kappa shape index (κ3) is 5.60. The smallest absolute Gasteiger partial charge is 0.350 e. The van der Waals surface area contributed by atoms with E-state index in [2.05, 4.69) is 5.32 Å². The van der Waals surface area contributed by atoms with Crippen molar-refractivity contribution in [3.8, 4) is 0 Å². The van der Waals surface area contributed by atoms with Crippen molar-refractivity contribution in [3.63, 3.8) is 0 Å². The average Bonchev–Trinajstić information content (AvgIpc) is 3.40. The monoisotopic (exact) mass is 553 g/mol. The summed E-state index contributed by atoms with van der Waals surface area (Å²) in [5, 5.41) is 2.39. The van der Waals surface area contributed by atoms with Gasteiger partial charge in [-0.05, 0) is 31.2 Å². The van der Waals surface area contributed by atoms with Crippen molar-refractivity contribution in [2.45, 2.75) is 38.6 Å². The van der Waals surface area contributed by atoms with Crippen molar-refractivity contribution < 1.29 is 37.5 Å². The zero-order valence-electron chi connectivity index (χ0n) is 19.5. The first-order valence-electron chi connectivity index (χ1n) is 11.2. The Morgan fingerprint density at radius 3 is 2.62 bits per heavy atom. The summed E-state index contributed by atoms with van der Waals surface area (Å²) in [6, 6.07) is 6.99. The number of alkyl halides is 1. The first-order chi connectivity index (χ1) is 17.4. The molecule has 1 aliphatic rings. The lowest BCUT2D eigenvalue weighted by Gasteiger charge is -2.24. The number of fused-ring (bicyclic) bond motifs is 1. The normalized spacial score (nSPS) is 17.8. The van der Waals surface area contributed by atoms with Crippen LogP contribution in [-0.2, 0) is 27.2 Å². The van der Waals surface area contributed by atoms with Crippen molar-refractivity contribution in [2.24, 2.45) is 0 Å². The maximum absolute atomic E-state index is 14.3. The molecule has 0 saturated carbocycles. The first kappa shape index (κ1) is 26.9. The van der Waals surface area contributed by atoms with Gasteiger partial charge in [0.05, 0.1) is 16.9 Å². The zero-order chi connectivity index (χ0) is 27.1. The van der Waals surface area contributed by atoms with E-state index in [9.17, 15) is 37.5 Å². The van der Waals surface area contributed by atoms with Gasteiger partial charge in [-0.15, -0.1) is 0 Å². The Labute approximate surface area is 215 Å². The highest BCUT2D eigenvalue weighted by atomic mass is 35.5. The number of aromatic nitrogens is 1. The quantitative estimate of drug-likeness (QED) is 0.305. The molecule has 1 fully saturated rings. The lowest BCUT2D eigenvalue weighted by molar-refractivity contribution is -0.139. The van der Waals surface area contributed by atoms with Crippen molar-refractivity contribution in [3.05, 3.63) is 64.6 Å². The molecule has 2 aromatic carbocycles. The number of rotatable bonds is 7. The molecule has 2 atom stereocenters. The number of carbonyl (C=O) groups excluding carboxylic acids is 3. The number of ketones is 1. The second-order valence-electron chi connectivity index (χ2n) is 8.80. The van der Waals surface area contributed by atoms with Gasteiger partial charge in [-0.3, -0.25) is 18.9 Å². The number of Topliss-reactive ketones (excluding diaryl/α,β-unsaturated/α-hetero) is 1.